The van der Waals surface area contributed by atoms with Crippen LogP contribution >= 0.6 is 0 Å². The van der Waals surface area contributed by atoms with Crippen molar-refractivity contribution in [2.75, 3.05) is 27.2 Å². The highest BCUT2D eigenvalue weighted by Gasteiger charge is 2.05. The highest BCUT2D eigenvalue weighted by Crippen LogP contribution is 2.04. The topological polar surface area (TPSA) is 64.5 Å². The quantitative estimate of drug-likeness (QED) is 0.633. The lowest BCUT2D eigenvalue weighted by atomic mass is 10.1. The standard InChI is InChI=1S/C15H21NO2.H3N/c1-13(15(17)18-12-11-16(2)3)9-10-14-7-5-4-6-8-14;/h4-9H,10-12H2,1-3H3;1H3. The summed E-state index contributed by atoms with van der Waals surface area (Å²) in [6.45, 7) is 2.97. The number of hydrogen-bond donors (Lipinski definition) is 1. The van der Waals surface area contributed by atoms with E-state index in [1.807, 2.05) is 55.4 Å². The zero-order valence-corrected chi connectivity index (χ0v) is 12.1. The third kappa shape index (κ3) is 7.39. The first-order valence-electron chi connectivity index (χ1n) is 6.12. The zero-order valence-electron chi connectivity index (χ0n) is 12.1. The van der Waals surface area contributed by atoms with Crippen molar-refractivity contribution < 1.29 is 9.53 Å². The van der Waals surface area contributed by atoms with Gasteiger partial charge in [0.15, 0.2) is 0 Å². The molecule has 0 aliphatic carbocycles. The van der Waals surface area contributed by atoms with Crippen molar-refractivity contribution in [3.8, 4) is 0 Å². The first-order chi connectivity index (χ1) is 8.59. The smallest absolute Gasteiger partial charge is 0.333 e. The molecule has 0 saturated carbocycles. The lowest BCUT2D eigenvalue weighted by Gasteiger charge is -2.10. The minimum atomic E-state index is -0.229. The van der Waals surface area contributed by atoms with Crippen molar-refractivity contribution in [3.63, 3.8) is 0 Å². The molecule has 0 radical (unpaired) electrons. The van der Waals surface area contributed by atoms with Gasteiger partial charge in [0.05, 0.1) is 0 Å². The average Bonchev–Trinajstić information content (AvgIpc) is 2.36. The van der Waals surface area contributed by atoms with Crippen LogP contribution < -0.4 is 6.15 Å². The molecule has 106 valence electrons. The lowest BCUT2D eigenvalue weighted by Crippen LogP contribution is -2.20. The third-order valence-electron chi connectivity index (χ3n) is 2.58. The second-order valence-electron chi connectivity index (χ2n) is 4.52. The maximum Gasteiger partial charge on any atom is 0.333 e. The van der Waals surface area contributed by atoms with E-state index >= 15 is 0 Å². The van der Waals surface area contributed by atoms with Crippen LogP contribution in [0.15, 0.2) is 42.0 Å². The molecule has 1 aromatic rings. The number of nitrogens with zero attached hydrogens (tertiary/aromatic N) is 1. The van der Waals surface area contributed by atoms with Gasteiger partial charge in [-0.05, 0) is 33.0 Å². The Morgan fingerprint density at radius 1 is 1.26 bits per heavy atom. The second kappa shape index (κ2) is 9.30. The van der Waals surface area contributed by atoms with Gasteiger partial charge in [-0.2, -0.15) is 0 Å². The van der Waals surface area contributed by atoms with Crippen LogP contribution in [0.2, 0.25) is 0 Å². The van der Waals surface area contributed by atoms with E-state index in [1.165, 1.54) is 5.56 Å². The molecule has 0 aliphatic rings. The molecule has 0 atom stereocenters. The molecule has 1 rings (SSSR count). The molecule has 3 N–H and O–H groups in total. The summed E-state index contributed by atoms with van der Waals surface area (Å²) in [5.41, 5.74) is 1.86. The molecule has 0 saturated heterocycles. The zero-order chi connectivity index (χ0) is 13.4. The number of esters is 1. The van der Waals surface area contributed by atoms with Crippen molar-refractivity contribution in [3.05, 3.63) is 47.5 Å². The van der Waals surface area contributed by atoms with Crippen molar-refractivity contribution >= 4 is 5.97 Å². The molecule has 4 heteroatoms. The van der Waals surface area contributed by atoms with Crippen LogP contribution in [-0.4, -0.2) is 38.1 Å². The first kappa shape index (κ1) is 17.4. The van der Waals surface area contributed by atoms with Crippen molar-refractivity contribution in [1.82, 2.24) is 11.1 Å². The largest absolute Gasteiger partial charge is 0.461 e. The average molecular weight is 264 g/mol. The first-order valence-corrected chi connectivity index (χ1v) is 6.12. The molecule has 0 unspecified atom stereocenters. The molecule has 0 amide bonds. The van der Waals surface area contributed by atoms with Crippen LogP contribution in [0, 0.1) is 0 Å². The Kier molecular flexibility index (Phi) is 8.49. The number of likely N-dealkylation sites (N-methyl/N-ethyl adjacent to an activating group) is 1. The summed E-state index contributed by atoms with van der Waals surface area (Å²) in [4.78, 5) is 13.6. The van der Waals surface area contributed by atoms with E-state index in [0.29, 0.717) is 12.2 Å². The fourth-order valence-electron chi connectivity index (χ4n) is 1.40. The van der Waals surface area contributed by atoms with Gasteiger partial charge in [0.25, 0.3) is 0 Å². The fourth-order valence-corrected chi connectivity index (χ4v) is 1.40. The number of carbonyl (C=O) groups is 1. The highest BCUT2D eigenvalue weighted by atomic mass is 16.5. The molecule has 0 aliphatic heterocycles. The summed E-state index contributed by atoms with van der Waals surface area (Å²) < 4.78 is 5.15. The highest BCUT2D eigenvalue weighted by molar-refractivity contribution is 5.87. The summed E-state index contributed by atoms with van der Waals surface area (Å²) >= 11 is 0. The van der Waals surface area contributed by atoms with Gasteiger partial charge in [-0.15, -0.1) is 0 Å². The molecule has 19 heavy (non-hydrogen) atoms. The van der Waals surface area contributed by atoms with Gasteiger partial charge < -0.3 is 15.8 Å². The van der Waals surface area contributed by atoms with Crippen molar-refractivity contribution in [2.45, 2.75) is 13.3 Å². The number of carbonyl (C=O) groups excluding carboxylic acids is 1. The van der Waals surface area contributed by atoms with Crippen LogP contribution in [0.1, 0.15) is 12.5 Å². The lowest BCUT2D eigenvalue weighted by molar-refractivity contribution is -0.139. The fraction of sp³-hybridized carbons (Fsp3) is 0.400. The Balaban J connectivity index is 0.00000324. The van der Waals surface area contributed by atoms with Gasteiger partial charge in [-0.25, -0.2) is 4.79 Å². The summed E-state index contributed by atoms with van der Waals surface area (Å²) in [6.07, 6.45) is 2.67. The van der Waals surface area contributed by atoms with E-state index in [4.69, 9.17) is 4.74 Å². The number of ether oxygens (including phenoxy) is 1. The van der Waals surface area contributed by atoms with Crippen LogP contribution in [0.3, 0.4) is 0 Å². The Bertz CT molecular complexity index is 400. The minimum absolute atomic E-state index is 0. The summed E-state index contributed by atoms with van der Waals surface area (Å²) in [5, 5.41) is 0. The van der Waals surface area contributed by atoms with Gasteiger partial charge in [0.2, 0.25) is 0 Å². The number of allylic oxidation sites excluding steroid dienone is 1. The van der Waals surface area contributed by atoms with Gasteiger partial charge in [0, 0.05) is 12.1 Å². The van der Waals surface area contributed by atoms with Gasteiger partial charge in [-0.3, -0.25) is 0 Å². The van der Waals surface area contributed by atoms with E-state index < -0.39 is 0 Å². The van der Waals surface area contributed by atoms with E-state index in [-0.39, 0.29) is 12.1 Å². The summed E-state index contributed by atoms with van der Waals surface area (Å²) in [5.74, 6) is -0.229. The normalized spacial score (nSPS) is 11.1. The van der Waals surface area contributed by atoms with E-state index in [1.54, 1.807) is 6.92 Å². The van der Waals surface area contributed by atoms with Crippen LogP contribution in [0.25, 0.3) is 0 Å². The van der Waals surface area contributed by atoms with Crippen LogP contribution in [0.4, 0.5) is 0 Å². The minimum Gasteiger partial charge on any atom is -0.461 e. The molecule has 0 bridgehead atoms. The van der Waals surface area contributed by atoms with Crippen LogP contribution in [-0.2, 0) is 16.0 Å². The predicted molar refractivity (Wildman–Crippen MR) is 78.4 cm³/mol. The number of benzene rings is 1. The molecule has 0 fully saturated rings. The van der Waals surface area contributed by atoms with Crippen molar-refractivity contribution in [2.24, 2.45) is 0 Å². The van der Waals surface area contributed by atoms with Crippen molar-refractivity contribution in [1.29, 1.82) is 0 Å². The van der Waals surface area contributed by atoms with E-state index in [9.17, 15) is 4.79 Å². The molecule has 0 aromatic heterocycles. The SMILES string of the molecule is CC(=CCc1ccccc1)C(=O)OCCN(C)C.N. The Morgan fingerprint density at radius 2 is 1.89 bits per heavy atom. The monoisotopic (exact) mass is 264 g/mol. The predicted octanol–water partition coefficient (Wildman–Crippen LogP) is 2.44. The molecular formula is C15H24N2O2. The number of rotatable bonds is 6. The third-order valence-corrected chi connectivity index (χ3v) is 2.58. The van der Waals surface area contributed by atoms with Gasteiger partial charge >= 0.3 is 5.97 Å². The summed E-state index contributed by atoms with van der Waals surface area (Å²) in [7, 11) is 3.90. The Morgan fingerprint density at radius 3 is 2.47 bits per heavy atom. The van der Waals surface area contributed by atoms with Gasteiger partial charge in [-0.1, -0.05) is 36.4 Å². The van der Waals surface area contributed by atoms with Gasteiger partial charge in [0.1, 0.15) is 6.61 Å². The van der Waals surface area contributed by atoms with E-state index in [2.05, 4.69) is 0 Å². The molecule has 0 spiro atoms. The molecule has 1 aromatic carbocycles. The molecule has 0 heterocycles. The Hall–Kier alpha value is -1.65. The van der Waals surface area contributed by atoms with Crippen LogP contribution in [0.5, 0.6) is 0 Å². The number of hydrogen-bond acceptors (Lipinski definition) is 4. The summed E-state index contributed by atoms with van der Waals surface area (Å²) in [6, 6.07) is 10.1. The second-order valence-corrected chi connectivity index (χ2v) is 4.52. The molecule has 4 nitrogen and oxygen atoms in total. The Labute approximate surface area is 115 Å². The molecular weight excluding hydrogens is 240 g/mol. The maximum absolute atomic E-state index is 11.6. The maximum atomic E-state index is 11.6. The van der Waals surface area contributed by atoms with E-state index in [0.717, 1.165) is 13.0 Å².